The van der Waals surface area contributed by atoms with Crippen LogP contribution in [0.4, 0.5) is 8.78 Å². The van der Waals surface area contributed by atoms with Crippen molar-refractivity contribution >= 4 is 5.97 Å². The maximum absolute atomic E-state index is 14.9. The van der Waals surface area contributed by atoms with Crippen molar-refractivity contribution in [1.82, 2.24) is 0 Å². The Morgan fingerprint density at radius 2 is 1.52 bits per heavy atom. The van der Waals surface area contributed by atoms with Gasteiger partial charge in [0.1, 0.15) is 0 Å². The van der Waals surface area contributed by atoms with Crippen molar-refractivity contribution in [2.75, 3.05) is 0 Å². The van der Waals surface area contributed by atoms with Crippen molar-refractivity contribution in [1.29, 1.82) is 0 Å². The Bertz CT molecular complexity index is 832. The van der Waals surface area contributed by atoms with Gasteiger partial charge in [0.2, 0.25) is 5.82 Å². The van der Waals surface area contributed by atoms with E-state index in [1.54, 1.807) is 6.07 Å². The van der Waals surface area contributed by atoms with Crippen molar-refractivity contribution < 1.29 is 18.3 Å². The molecule has 4 aliphatic carbocycles. The zero-order valence-corrected chi connectivity index (χ0v) is 20.2. The first-order valence-electron chi connectivity index (χ1n) is 13.7. The first-order valence-corrected chi connectivity index (χ1v) is 13.7. The summed E-state index contributed by atoms with van der Waals surface area (Å²) in [5, 5.41) is 0. The van der Waals surface area contributed by atoms with Crippen LogP contribution in [-0.4, -0.2) is 5.97 Å². The minimum atomic E-state index is -0.994. The van der Waals surface area contributed by atoms with E-state index in [1.807, 2.05) is 0 Å². The third-order valence-electron chi connectivity index (χ3n) is 9.40. The summed E-state index contributed by atoms with van der Waals surface area (Å²) in [6.45, 7) is 2.28. The van der Waals surface area contributed by atoms with Crippen LogP contribution in [0, 0.1) is 47.1 Å². The van der Waals surface area contributed by atoms with Crippen LogP contribution in [0.5, 0.6) is 5.75 Å². The predicted octanol–water partition coefficient (Wildman–Crippen LogP) is 8.19. The summed E-state index contributed by atoms with van der Waals surface area (Å²) < 4.78 is 34.9. The van der Waals surface area contributed by atoms with Gasteiger partial charge in [-0.2, -0.15) is 4.39 Å². The number of hydrogen-bond acceptors (Lipinski definition) is 2. The van der Waals surface area contributed by atoms with Gasteiger partial charge >= 0.3 is 5.97 Å². The van der Waals surface area contributed by atoms with E-state index in [0.29, 0.717) is 23.8 Å². The maximum Gasteiger partial charge on any atom is 0.311 e. The average Bonchev–Trinajstić information content (AvgIpc) is 3.73. The average molecular weight is 459 g/mol. The number of halogens is 2. The van der Waals surface area contributed by atoms with E-state index in [1.165, 1.54) is 57.4 Å². The van der Waals surface area contributed by atoms with E-state index < -0.39 is 17.6 Å². The molecule has 33 heavy (non-hydrogen) atoms. The van der Waals surface area contributed by atoms with Crippen molar-refractivity contribution in [2.45, 2.75) is 103 Å². The molecule has 4 fully saturated rings. The molecular formula is C29H40F2O2. The molecule has 0 spiro atoms. The largest absolute Gasteiger partial charge is 0.423 e. The fraction of sp³-hybridized carbons (Fsp3) is 0.759. The van der Waals surface area contributed by atoms with Crippen LogP contribution in [0.15, 0.2) is 12.1 Å². The Morgan fingerprint density at radius 1 is 0.879 bits per heavy atom. The second-order valence-corrected chi connectivity index (χ2v) is 11.6. The normalized spacial score (nSPS) is 34.2. The monoisotopic (exact) mass is 458 g/mol. The highest BCUT2D eigenvalue weighted by Gasteiger charge is 2.48. The predicted molar refractivity (Wildman–Crippen MR) is 126 cm³/mol. The molecule has 4 heteroatoms. The SMILES string of the molecule is CCCC1CCC(C2CCC(c3ccc(OC(=O)C[C@@H]4C[C@H]4C4CC4)c(F)c3F)CC2)CC1. The van der Waals surface area contributed by atoms with E-state index in [2.05, 4.69) is 6.92 Å². The van der Waals surface area contributed by atoms with Gasteiger partial charge in [0.25, 0.3) is 0 Å². The molecule has 0 saturated heterocycles. The van der Waals surface area contributed by atoms with E-state index in [4.69, 9.17) is 4.74 Å². The molecule has 0 aromatic heterocycles. The molecule has 0 amide bonds. The summed E-state index contributed by atoms with van der Waals surface area (Å²) in [7, 11) is 0. The zero-order chi connectivity index (χ0) is 22.9. The summed E-state index contributed by atoms with van der Waals surface area (Å²) in [5.41, 5.74) is 0.466. The van der Waals surface area contributed by atoms with Gasteiger partial charge < -0.3 is 4.74 Å². The Kier molecular flexibility index (Phi) is 7.09. The molecule has 0 bridgehead atoms. The number of esters is 1. The molecule has 1 aromatic carbocycles. The van der Waals surface area contributed by atoms with Crippen molar-refractivity contribution in [2.24, 2.45) is 35.5 Å². The molecule has 4 saturated carbocycles. The molecule has 2 atom stereocenters. The molecule has 1 aromatic rings. The van der Waals surface area contributed by atoms with E-state index in [9.17, 15) is 13.6 Å². The Balaban J connectivity index is 1.12. The van der Waals surface area contributed by atoms with Crippen LogP contribution < -0.4 is 4.74 Å². The number of carbonyl (C=O) groups is 1. The molecule has 0 N–H and O–H groups in total. The van der Waals surface area contributed by atoms with Gasteiger partial charge in [0.15, 0.2) is 11.6 Å². The molecule has 2 nitrogen and oxygen atoms in total. The molecule has 0 heterocycles. The molecule has 0 unspecified atom stereocenters. The minimum absolute atomic E-state index is 0.0719. The Morgan fingerprint density at radius 3 is 2.15 bits per heavy atom. The van der Waals surface area contributed by atoms with Crippen molar-refractivity contribution in [3.8, 4) is 5.75 Å². The van der Waals surface area contributed by atoms with Crippen molar-refractivity contribution in [3.05, 3.63) is 29.3 Å². The number of hydrogen-bond donors (Lipinski definition) is 0. The Hall–Kier alpha value is -1.45. The van der Waals surface area contributed by atoms with Gasteiger partial charge in [-0.25, -0.2) is 4.39 Å². The fourth-order valence-electron chi connectivity index (χ4n) is 7.18. The van der Waals surface area contributed by atoms with Crippen molar-refractivity contribution in [3.63, 3.8) is 0 Å². The lowest BCUT2D eigenvalue weighted by molar-refractivity contribution is -0.135. The molecule has 4 aliphatic rings. The highest BCUT2D eigenvalue weighted by Crippen LogP contribution is 2.55. The number of ether oxygens (including phenoxy) is 1. The lowest BCUT2D eigenvalue weighted by atomic mass is 9.68. The lowest BCUT2D eigenvalue weighted by Gasteiger charge is -2.38. The summed E-state index contributed by atoms with van der Waals surface area (Å²) in [5.74, 6) is 1.93. The number of rotatable bonds is 8. The summed E-state index contributed by atoms with van der Waals surface area (Å²) in [4.78, 5) is 12.2. The van der Waals surface area contributed by atoms with Gasteiger partial charge in [-0.3, -0.25) is 4.79 Å². The Labute approximate surface area is 197 Å². The first-order chi connectivity index (χ1) is 16.0. The zero-order valence-electron chi connectivity index (χ0n) is 20.2. The quantitative estimate of drug-likeness (QED) is 0.290. The number of carbonyl (C=O) groups excluding carboxylic acids is 1. The molecular weight excluding hydrogens is 418 g/mol. The van der Waals surface area contributed by atoms with Crippen LogP contribution in [0.2, 0.25) is 0 Å². The lowest BCUT2D eigenvalue weighted by Crippen LogP contribution is -2.25. The maximum atomic E-state index is 14.9. The highest BCUT2D eigenvalue weighted by molar-refractivity contribution is 5.73. The fourth-order valence-corrected chi connectivity index (χ4v) is 7.18. The standard InChI is InChI=1S/C29H40F2O2/c1-2-3-18-4-6-19(7-5-18)20-8-10-21(11-9-20)24-14-15-26(29(31)28(24)30)33-27(32)17-23-16-25(23)22-12-13-22/h14-15,18-23,25H,2-13,16-17H2,1H3/t18?,19?,20?,21?,23-,25-/m0/s1. The second kappa shape index (κ2) is 10.0. The third-order valence-corrected chi connectivity index (χ3v) is 9.40. The van der Waals surface area contributed by atoms with Gasteiger partial charge in [-0.1, -0.05) is 38.7 Å². The van der Waals surface area contributed by atoms with Crippen LogP contribution in [-0.2, 0) is 4.79 Å². The van der Waals surface area contributed by atoms with Gasteiger partial charge in [-0.05, 0) is 111 Å². The number of benzene rings is 1. The van der Waals surface area contributed by atoms with Crippen LogP contribution >= 0.6 is 0 Å². The van der Waals surface area contributed by atoms with E-state index in [0.717, 1.165) is 55.8 Å². The topological polar surface area (TPSA) is 26.3 Å². The smallest absolute Gasteiger partial charge is 0.311 e. The molecule has 0 aliphatic heterocycles. The highest BCUT2D eigenvalue weighted by atomic mass is 19.2. The van der Waals surface area contributed by atoms with Gasteiger partial charge in [0.05, 0.1) is 0 Å². The molecule has 0 radical (unpaired) electrons. The van der Waals surface area contributed by atoms with Crippen LogP contribution in [0.1, 0.15) is 108 Å². The summed E-state index contributed by atoms with van der Waals surface area (Å²) >= 11 is 0. The first kappa shape index (κ1) is 23.3. The van der Waals surface area contributed by atoms with Crippen LogP contribution in [0.25, 0.3) is 0 Å². The minimum Gasteiger partial charge on any atom is -0.423 e. The summed E-state index contributed by atoms with van der Waals surface area (Å²) in [6, 6.07) is 3.13. The molecule has 5 rings (SSSR count). The van der Waals surface area contributed by atoms with E-state index >= 15 is 0 Å². The van der Waals surface area contributed by atoms with E-state index in [-0.39, 0.29) is 11.7 Å². The second-order valence-electron chi connectivity index (χ2n) is 11.6. The summed E-state index contributed by atoms with van der Waals surface area (Å²) in [6.07, 6.45) is 16.2. The van der Waals surface area contributed by atoms with Gasteiger partial charge in [-0.15, -0.1) is 0 Å². The molecule has 182 valence electrons. The van der Waals surface area contributed by atoms with Crippen LogP contribution in [0.3, 0.4) is 0 Å². The third kappa shape index (κ3) is 5.46. The van der Waals surface area contributed by atoms with Gasteiger partial charge in [0, 0.05) is 6.42 Å².